The van der Waals surface area contributed by atoms with Gasteiger partial charge in [0.05, 0.1) is 0 Å². The van der Waals surface area contributed by atoms with Crippen molar-refractivity contribution in [1.29, 1.82) is 0 Å². The van der Waals surface area contributed by atoms with Crippen LogP contribution in [0.15, 0.2) is 48.7 Å². The number of rotatable bonds is 4. The van der Waals surface area contributed by atoms with Crippen molar-refractivity contribution in [1.82, 2.24) is 10.3 Å². The average molecular weight is 282 g/mol. The number of thiophene rings is 1. The molecule has 1 aromatic carbocycles. The Kier molecular flexibility index (Phi) is 3.81. The van der Waals surface area contributed by atoms with Crippen molar-refractivity contribution < 1.29 is 0 Å². The first-order valence-electron chi connectivity index (χ1n) is 6.84. The highest BCUT2D eigenvalue weighted by molar-refractivity contribution is 7.19. The number of nitrogens with zero attached hydrogens (tertiary/aromatic N) is 1. The molecule has 0 radical (unpaired) electrons. The van der Waals surface area contributed by atoms with Crippen molar-refractivity contribution >= 4 is 21.4 Å². The Morgan fingerprint density at radius 1 is 1.20 bits per heavy atom. The lowest BCUT2D eigenvalue weighted by atomic mass is 10.1. The van der Waals surface area contributed by atoms with Crippen molar-refractivity contribution in [2.45, 2.75) is 19.4 Å². The van der Waals surface area contributed by atoms with Crippen LogP contribution in [0.4, 0.5) is 0 Å². The highest BCUT2D eigenvalue weighted by Crippen LogP contribution is 2.31. The van der Waals surface area contributed by atoms with Crippen LogP contribution in [0, 0.1) is 6.92 Å². The van der Waals surface area contributed by atoms with Gasteiger partial charge in [-0.3, -0.25) is 4.98 Å². The number of hydrogen-bond acceptors (Lipinski definition) is 3. The molecule has 0 saturated heterocycles. The zero-order valence-electron chi connectivity index (χ0n) is 11.8. The molecular weight excluding hydrogens is 264 g/mol. The fourth-order valence-electron chi connectivity index (χ4n) is 2.44. The summed E-state index contributed by atoms with van der Waals surface area (Å²) in [4.78, 5) is 5.88. The van der Waals surface area contributed by atoms with Crippen molar-refractivity contribution in [2.24, 2.45) is 0 Å². The molecule has 2 aromatic heterocycles. The largest absolute Gasteiger partial charge is 0.312 e. The van der Waals surface area contributed by atoms with Crippen LogP contribution >= 0.6 is 11.3 Å². The fraction of sp³-hybridized carbons (Fsp3) is 0.235. The molecule has 102 valence electrons. The number of likely N-dealkylation sites (N-methyl/N-ethyl adjacent to an activating group) is 1. The molecule has 0 saturated carbocycles. The summed E-state index contributed by atoms with van der Waals surface area (Å²) in [5, 5.41) is 4.75. The quantitative estimate of drug-likeness (QED) is 0.779. The van der Waals surface area contributed by atoms with E-state index in [4.69, 9.17) is 0 Å². The molecule has 0 aliphatic heterocycles. The molecule has 2 heterocycles. The van der Waals surface area contributed by atoms with E-state index >= 15 is 0 Å². The van der Waals surface area contributed by atoms with Crippen LogP contribution in [0.25, 0.3) is 10.1 Å². The van der Waals surface area contributed by atoms with Crippen molar-refractivity contribution in [3.05, 3.63) is 64.8 Å². The first kappa shape index (κ1) is 13.3. The van der Waals surface area contributed by atoms with Gasteiger partial charge < -0.3 is 5.32 Å². The van der Waals surface area contributed by atoms with E-state index in [0.29, 0.717) is 6.04 Å². The molecule has 3 aromatic rings. The summed E-state index contributed by atoms with van der Waals surface area (Å²) in [6.45, 7) is 2.12. The molecular formula is C17H18N2S. The minimum Gasteiger partial charge on any atom is -0.312 e. The lowest BCUT2D eigenvalue weighted by Gasteiger charge is -2.15. The van der Waals surface area contributed by atoms with Crippen molar-refractivity contribution in [3.8, 4) is 0 Å². The van der Waals surface area contributed by atoms with Crippen LogP contribution < -0.4 is 5.32 Å². The molecule has 20 heavy (non-hydrogen) atoms. The molecule has 1 N–H and O–H groups in total. The summed E-state index contributed by atoms with van der Waals surface area (Å²) in [5.41, 5.74) is 2.43. The normalized spacial score (nSPS) is 12.7. The van der Waals surface area contributed by atoms with Gasteiger partial charge in [0.15, 0.2) is 0 Å². The highest BCUT2D eigenvalue weighted by Gasteiger charge is 2.15. The van der Waals surface area contributed by atoms with E-state index in [1.807, 2.05) is 30.6 Å². The Morgan fingerprint density at radius 3 is 2.80 bits per heavy atom. The third kappa shape index (κ3) is 2.60. The summed E-state index contributed by atoms with van der Waals surface area (Å²) >= 11 is 1.86. The molecule has 0 amide bonds. The Labute approximate surface area is 123 Å². The maximum Gasteiger partial charge on any atom is 0.0468 e. The molecule has 0 aliphatic rings. The molecule has 0 bridgehead atoms. The smallest absolute Gasteiger partial charge is 0.0468 e. The Morgan fingerprint density at radius 2 is 2.05 bits per heavy atom. The second-order valence-electron chi connectivity index (χ2n) is 5.00. The van der Waals surface area contributed by atoms with Gasteiger partial charge in [-0.2, -0.15) is 0 Å². The number of hydrogen-bond donors (Lipinski definition) is 1. The van der Waals surface area contributed by atoms with Crippen LogP contribution in [-0.4, -0.2) is 12.0 Å². The van der Waals surface area contributed by atoms with Gasteiger partial charge in [0.25, 0.3) is 0 Å². The number of benzene rings is 1. The van der Waals surface area contributed by atoms with Gasteiger partial charge in [-0.15, -0.1) is 11.3 Å². The maximum absolute atomic E-state index is 4.51. The van der Waals surface area contributed by atoms with Gasteiger partial charge in [0.1, 0.15) is 0 Å². The molecule has 0 spiro atoms. The molecule has 3 rings (SSSR count). The zero-order chi connectivity index (χ0) is 13.9. The zero-order valence-corrected chi connectivity index (χ0v) is 12.6. The van der Waals surface area contributed by atoms with Crippen LogP contribution in [0.1, 0.15) is 22.2 Å². The molecule has 1 atom stereocenters. The standard InChI is InChI=1S/C17H18N2S/c1-12-6-5-9-19-14(12)11-15(18-2)17-10-13-7-3-4-8-16(13)20-17/h3-10,15,18H,11H2,1-2H3. The van der Waals surface area contributed by atoms with E-state index in [9.17, 15) is 0 Å². The first-order chi connectivity index (χ1) is 9.78. The van der Waals surface area contributed by atoms with E-state index in [1.165, 1.54) is 26.2 Å². The SMILES string of the molecule is CNC(Cc1ncccc1C)c1cc2ccccc2s1. The van der Waals surface area contributed by atoms with E-state index in [0.717, 1.165) is 6.42 Å². The van der Waals surface area contributed by atoms with E-state index in [-0.39, 0.29) is 0 Å². The lowest BCUT2D eigenvalue weighted by molar-refractivity contribution is 0.592. The second kappa shape index (κ2) is 5.73. The predicted octanol–water partition coefficient (Wildman–Crippen LogP) is 4.11. The predicted molar refractivity (Wildman–Crippen MR) is 86.3 cm³/mol. The van der Waals surface area contributed by atoms with E-state index in [1.54, 1.807) is 0 Å². The molecule has 0 fully saturated rings. The van der Waals surface area contributed by atoms with Crippen molar-refractivity contribution in [3.63, 3.8) is 0 Å². The van der Waals surface area contributed by atoms with Crippen LogP contribution in [0.5, 0.6) is 0 Å². The average Bonchev–Trinajstić information content (AvgIpc) is 2.90. The minimum atomic E-state index is 0.320. The summed E-state index contributed by atoms with van der Waals surface area (Å²) in [7, 11) is 2.02. The number of aryl methyl sites for hydroxylation is 1. The third-order valence-electron chi connectivity index (χ3n) is 3.65. The fourth-order valence-corrected chi connectivity index (χ4v) is 3.62. The number of fused-ring (bicyclic) bond motifs is 1. The van der Waals surface area contributed by atoms with Gasteiger partial charge in [-0.05, 0) is 43.1 Å². The minimum absolute atomic E-state index is 0.320. The van der Waals surface area contributed by atoms with Crippen LogP contribution in [-0.2, 0) is 6.42 Å². The monoisotopic (exact) mass is 282 g/mol. The Balaban J connectivity index is 1.91. The Hall–Kier alpha value is -1.71. The molecule has 0 aliphatic carbocycles. The van der Waals surface area contributed by atoms with Gasteiger partial charge in [0, 0.05) is 33.9 Å². The number of aromatic nitrogens is 1. The summed E-state index contributed by atoms with van der Waals surface area (Å²) < 4.78 is 1.35. The Bertz CT molecular complexity index is 685. The number of pyridine rings is 1. The first-order valence-corrected chi connectivity index (χ1v) is 7.66. The van der Waals surface area contributed by atoms with Gasteiger partial charge in [-0.1, -0.05) is 24.3 Å². The molecule has 3 heteroatoms. The summed E-state index contributed by atoms with van der Waals surface area (Å²) in [6.07, 6.45) is 2.80. The van der Waals surface area contributed by atoms with Crippen molar-refractivity contribution in [2.75, 3.05) is 7.05 Å². The van der Waals surface area contributed by atoms with E-state index in [2.05, 4.69) is 53.6 Å². The van der Waals surface area contributed by atoms with Crippen LogP contribution in [0.2, 0.25) is 0 Å². The van der Waals surface area contributed by atoms with E-state index < -0.39 is 0 Å². The summed E-state index contributed by atoms with van der Waals surface area (Å²) in [6, 6.07) is 15.3. The molecule has 2 nitrogen and oxygen atoms in total. The van der Waals surface area contributed by atoms with Gasteiger partial charge in [0.2, 0.25) is 0 Å². The topological polar surface area (TPSA) is 24.9 Å². The third-order valence-corrected chi connectivity index (χ3v) is 4.88. The summed E-state index contributed by atoms with van der Waals surface area (Å²) in [5.74, 6) is 0. The van der Waals surface area contributed by atoms with Gasteiger partial charge >= 0.3 is 0 Å². The second-order valence-corrected chi connectivity index (χ2v) is 6.11. The number of nitrogens with one attached hydrogen (secondary N) is 1. The van der Waals surface area contributed by atoms with Gasteiger partial charge in [-0.25, -0.2) is 0 Å². The lowest BCUT2D eigenvalue weighted by Crippen LogP contribution is -2.18. The molecule has 1 unspecified atom stereocenters. The highest BCUT2D eigenvalue weighted by atomic mass is 32.1. The maximum atomic E-state index is 4.51. The van der Waals surface area contributed by atoms with Crippen LogP contribution in [0.3, 0.4) is 0 Å².